The molecule has 4 rings (SSSR count). The molecule has 0 aliphatic heterocycles. The zero-order valence-electron chi connectivity index (χ0n) is 19.5. The Kier molecular flexibility index (Phi) is 5.56. The van der Waals surface area contributed by atoms with Crippen LogP contribution in [0.3, 0.4) is 0 Å². The summed E-state index contributed by atoms with van der Waals surface area (Å²) in [6.07, 6.45) is 14.5. The Morgan fingerprint density at radius 3 is 2.58 bits per heavy atom. The number of esters is 1. The molecule has 31 heavy (non-hydrogen) atoms. The second-order valence-electron chi connectivity index (χ2n) is 10.7. The highest BCUT2D eigenvalue weighted by atomic mass is 16.5. The predicted octanol–water partition coefficient (Wildman–Crippen LogP) is 6.21. The molecule has 2 saturated carbocycles. The summed E-state index contributed by atoms with van der Waals surface area (Å²) in [5.41, 5.74) is 4.30. The summed E-state index contributed by atoms with van der Waals surface area (Å²) >= 11 is 0. The van der Waals surface area contributed by atoms with E-state index in [0.29, 0.717) is 29.4 Å². The second-order valence-corrected chi connectivity index (χ2v) is 10.7. The standard InChI is InChI=1S/C27H36O4/c1-16(6-11-25(29)30)22-9-10-23-21-8-7-19-15-20(31-18(3)28)14-17(2)27(19,5)24(21)12-13-26(22,23)4/h7-8,14-16,22-24H,6,9-13H2,1-5H3,(H,29,30)/t16-,22-,23+,24+,26-,27+/m1/s1. The molecule has 1 N–H and O–H groups in total. The number of allylic oxidation sites excluding steroid dienone is 7. The van der Waals surface area contributed by atoms with Crippen molar-refractivity contribution in [1.82, 2.24) is 0 Å². The highest BCUT2D eigenvalue weighted by Gasteiger charge is 2.57. The molecule has 0 aromatic rings. The largest absolute Gasteiger partial charge is 0.481 e. The third kappa shape index (κ3) is 3.52. The van der Waals surface area contributed by atoms with E-state index in [1.807, 2.05) is 12.2 Å². The lowest BCUT2D eigenvalue weighted by molar-refractivity contribution is -0.138. The highest BCUT2D eigenvalue weighted by Crippen LogP contribution is 2.66. The number of aliphatic carboxylic acids is 1. The number of ether oxygens (including phenoxy) is 1. The van der Waals surface area contributed by atoms with Crippen molar-refractivity contribution < 1.29 is 19.4 Å². The number of carboxylic acids is 1. The Morgan fingerprint density at radius 2 is 1.90 bits per heavy atom. The number of hydrogen-bond acceptors (Lipinski definition) is 3. The van der Waals surface area contributed by atoms with Crippen LogP contribution in [0.2, 0.25) is 0 Å². The molecule has 0 aromatic heterocycles. The van der Waals surface area contributed by atoms with Gasteiger partial charge in [-0.05, 0) is 85.8 Å². The van der Waals surface area contributed by atoms with Crippen molar-refractivity contribution >= 4 is 11.9 Å². The molecule has 168 valence electrons. The maximum absolute atomic E-state index is 11.5. The second kappa shape index (κ2) is 7.79. The molecule has 0 bridgehead atoms. The van der Waals surface area contributed by atoms with E-state index in [1.54, 1.807) is 5.57 Å². The first kappa shape index (κ1) is 22.1. The number of carbonyl (C=O) groups excluding carboxylic acids is 1. The monoisotopic (exact) mass is 424 g/mol. The SMILES string of the molecule is CC(=O)OC1=CC2=CC=C3[C@H](CC[C@]4(C)[C@@H]([C@H](C)CCC(=O)O)CC[C@@H]34)[C@@]2(C)C(C)=C1. The first-order valence-corrected chi connectivity index (χ1v) is 11.8. The third-order valence-electron chi connectivity index (χ3n) is 9.18. The first-order valence-electron chi connectivity index (χ1n) is 11.8. The lowest BCUT2D eigenvalue weighted by Crippen LogP contribution is -2.45. The molecule has 0 unspecified atom stereocenters. The van der Waals surface area contributed by atoms with Gasteiger partial charge in [-0.25, -0.2) is 0 Å². The van der Waals surface area contributed by atoms with Gasteiger partial charge in [0.15, 0.2) is 0 Å². The van der Waals surface area contributed by atoms with Gasteiger partial charge in [0.1, 0.15) is 5.76 Å². The molecule has 4 aliphatic rings. The topological polar surface area (TPSA) is 63.6 Å². The zero-order valence-corrected chi connectivity index (χ0v) is 19.5. The van der Waals surface area contributed by atoms with E-state index in [4.69, 9.17) is 9.84 Å². The molecule has 0 spiro atoms. The van der Waals surface area contributed by atoms with Crippen LogP contribution in [0, 0.1) is 34.5 Å². The molecule has 6 atom stereocenters. The average Bonchev–Trinajstić information content (AvgIpc) is 3.04. The smallest absolute Gasteiger partial charge is 0.308 e. The number of rotatable bonds is 5. The predicted molar refractivity (Wildman–Crippen MR) is 121 cm³/mol. The molecule has 0 radical (unpaired) electrons. The molecule has 2 fully saturated rings. The van der Waals surface area contributed by atoms with E-state index in [9.17, 15) is 9.59 Å². The van der Waals surface area contributed by atoms with Crippen molar-refractivity contribution in [1.29, 1.82) is 0 Å². The van der Waals surface area contributed by atoms with Gasteiger partial charge in [-0.1, -0.05) is 44.1 Å². The van der Waals surface area contributed by atoms with E-state index in [0.717, 1.165) is 12.8 Å². The molecule has 0 aromatic carbocycles. The van der Waals surface area contributed by atoms with Crippen LogP contribution in [-0.4, -0.2) is 17.0 Å². The van der Waals surface area contributed by atoms with Gasteiger partial charge >= 0.3 is 11.9 Å². The fourth-order valence-electron chi connectivity index (χ4n) is 7.42. The normalized spacial score (nSPS) is 37.3. The fourth-order valence-corrected chi connectivity index (χ4v) is 7.42. The van der Waals surface area contributed by atoms with Crippen molar-refractivity contribution in [2.45, 2.75) is 73.1 Å². The summed E-state index contributed by atoms with van der Waals surface area (Å²) < 4.78 is 5.40. The number of hydrogen-bond donors (Lipinski definition) is 1. The minimum atomic E-state index is -0.684. The number of carbonyl (C=O) groups is 2. The quantitative estimate of drug-likeness (QED) is 0.533. The Bertz CT molecular complexity index is 920. The van der Waals surface area contributed by atoms with Crippen molar-refractivity contribution in [3.05, 3.63) is 46.8 Å². The van der Waals surface area contributed by atoms with Gasteiger partial charge in [-0.2, -0.15) is 0 Å². The van der Waals surface area contributed by atoms with Gasteiger partial charge in [0.2, 0.25) is 0 Å². The van der Waals surface area contributed by atoms with E-state index in [2.05, 4.69) is 39.8 Å². The molecular weight excluding hydrogens is 388 g/mol. The van der Waals surface area contributed by atoms with Crippen LogP contribution in [0.25, 0.3) is 0 Å². The van der Waals surface area contributed by atoms with E-state index in [1.165, 1.54) is 37.3 Å². The summed E-state index contributed by atoms with van der Waals surface area (Å²) in [4.78, 5) is 22.6. The zero-order chi connectivity index (χ0) is 22.6. The van der Waals surface area contributed by atoms with Crippen LogP contribution < -0.4 is 0 Å². The van der Waals surface area contributed by atoms with Crippen molar-refractivity contribution in [3.63, 3.8) is 0 Å². The Balaban J connectivity index is 1.64. The highest BCUT2D eigenvalue weighted by molar-refractivity contribution is 5.68. The van der Waals surface area contributed by atoms with Crippen LogP contribution in [0.15, 0.2) is 46.8 Å². The van der Waals surface area contributed by atoms with Gasteiger partial charge in [0.05, 0.1) is 0 Å². The van der Waals surface area contributed by atoms with E-state index in [-0.39, 0.29) is 23.2 Å². The summed E-state index contributed by atoms with van der Waals surface area (Å²) in [6, 6.07) is 0. The van der Waals surface area contributed by atoms with Crippen molar-refractivity contribution in [3.8, 4) is 0 Å². The van der Waals surface area contributed by atoms with E-state index >= 15 is 0 Å². The van der Waals surface area contributed by atoms with Crippen LogP contribution in [-0.2, 0) is 14.3 Å². The van der Waals surface area contributed by atoms with Crippen LogP contribution in [0.5, 0.6) is 0 Å². The minimum absolute atomic E-state index is 0.0535. The molecule has 0 saturated heterocycles. The van der Waals surface area contributed by atoms with Gasteiger partial charge < -0.3 is 9.84 Å². The minimum Gasteiger partial charge on any atom is -0.481 e. The van der Waals surface area contributed by atoms with Crippen molar-refractivity contribution in [2.24, 2.45) is 34.5 Å². The number of fused-ring (bicyclic) bond motifs is 5. The molecule has 4 heteroatoms. The Morgan fingerprint density at radius 1 is 1.16 bits per heavy atom. The fraction of sp³-hybridized carbons (Fsp3) is 0.630. The lowest BCUT2D eigenvalue weighted by atomic mass is 9.50. The summed E-state index contributed by atoms with van der Waals surface area (Å²) in [5.74, 6) is 1.76. The number of carboxylic acid groups (broad SMARTS) is 1. The van der Waals surface area contributed by atoms with Gasteiger partial charge in [0.25, 0.3) is 0 Å². The van der Waals surface area contributed by atoms with Crippen LogP contribution in [0.4, 0.5) is 0 Å². The Labute approximate surface area is 186 Å². The molecular formula is C27H36O4. The van der Waals surface area contributed by atoms with E-state index < -0.39 is 5.97 Å². The van der Waals surface area contributed by atoms with Crippen molar-refractivity contribution in [2.75, 3.05) is 0 Å². The molecule has 4 aliphatic carbocycles. The van der Waals surface area contributed by atoms with Gasteiger partial charge in [0, 0.05) is 18.8 Å². The molecule has 0 amide bonds. The summed E-state index contributed by atoms with van der Waals surface area (Å²) in [7, 11) is 0. The molecule has 4 nitrogen and oxygen atoms in total. The van der Waals surface area contributed by atoms with Crippen LogP contribution >= 0.6 is 0 Å². The summed E-state index contributed by atoms with van der Waals surface area (Å²) in [6.45, 7) is 10.7. The lowest BCUT2D eigenvalue weighted by Gasteiger charge is -2.54. The average molecular weight is 425 g/mol. The maximum Gasteiger partial charge on any atom is 0.308 e. The maximum atomic E-state index is 11.5. The van der Waals surface area contributed by atoms with Gasteiger partial charge in [-0.15, -0.1) is 0 Å². The Hall–Kier alpha value is -2.10. The van der Waals surface area contributed by atoms with Crippen LogP contribution in [0.1, 0.15) is 73.1 Å². The third-order valence-corrected chi connectivity index (χ3v) is 9.18. The first-order chi connectivity index (χ1) is 14.6. The van der Waals surface area contributed by atoms with Gasteiger partial charge in [-0.3, -0.25) is 9.59 Å². The molecule has 0 heterocycles. The summed E-state index contributed by atoms with van der Waals surface area (Å²) in [5, 5.41) is 9.13.